The van der Waals surface area contributed by atoms with Crippen molar-refractivity contribution in [2.45, 2.75) is 27.7 Å². The van der Waals surface area contributed by atoms with Crippen molar-refractivity contribution in [2.75, 3.05) is 0 Å². The van der Waals surface area contributed by atoms with Crippen LogP contribution in [0.5, 0.6) is 0 Å². The number of hydrogen-bond donors (Lipinski definition) is 0. The van der Waals surface area contributed by atoms with E-state index in [4.69, 9.17) is 4.98 Å². The molecular formula is C22H20N2OS. The minimum Gasteiger partial charge on any atom is -0.296 e. The number of aromatic nitrogens is 2. The molecule has 0 fully saturated rings. The van der Waals surface area contributed by atoms with Crippen molar-refractivity contribution in [2.24, 2.45) is 0 Å². The molecule has 0 aliphatic carbocycles. The number of carbonyl (C=O) groups is 1. The Morgan fingerprint density at radius 2 is 1.50 bits per heavy atom. The fourth-order valence-corrected chi connectivity index (χ4v) is 4.10. The normalized spacial score (nSPS) is 11.2. The first-order valence-corrected chi connectivity index (χ1v) is 9.48. The highest BCUT2D eigenvalue weighted by Crippen LogP contribution is 2.33. The first-order chi connectivity index (χ1) is 12.5. The predicted octanol–water partition coefficient (Wildman–Crippen LogP) is 5.78. The average molecular weight is 360 g/mol. The van der Waals surface area contributed by atoms with E-state index < -0.39 is 0 Å². The molecule has 4 rings (SSSR count). The Labute approximate surface area is 157 Å². The number of thiazole rings is 1. The quantitative estimate of drug-likeness (QED) is 0.434. The first kappa shape index (κ1) is 16.7. The third kappa shape index (κ3) is 2.58. The van der Waals surface area contributed by atoms with Gasteiger partial charge in [-0.25, -0.2) is 4.98 Å². The first-order valence-electron chi connectivity index (χ1n) is 8.60. The molecule has 0 atom stereocenters. The average Bonchev–Trinajstić information content (AvgIpc) is 3.18. The maximum absolute atomic E-state index is 12.0. The Balaban J connectivity index is 1.95. The minimum absolute atomic E-state index is 0.609. The fourth-order valence-electron chi connectivity index (χ4n) is 3.19. The van der Waals surface area contributed by atoms with Crippen molar-refractivity contribution < 1.29 is 4.79 Å². The Hall–Kier alpha value is -2.72. The molecule has 0 aliphatic rings. The maximum Gasteiger partial charge on any atom is 0.195 e. The zero-order valence-electron chi connectivity index (χ0n) is 15.3. The molecule has 26 heavy (non-hydrogen) atoms. The highest BCUT2D eigenvalue weighted by atomic mass is 32.1. The standard InChI is InChI=1S/C22H20N2OS/c1-13-5-7-17(9-15(13)3)20-12-26-22-23-21(19(11-25)24(20)22)18-8-6-14(2)16(4)10-18/h5-12H,1-4H3. The van der Waals surface area contributed by atoms with Crippen LogP contribution in [0.1, 0.15) is 32.7 Å². The van der Waals surface area contributed by atoms with Crippen LogP contribution in [-0.4, -0.2) is 15.7 Å². The lowest BCUT2D eigenvalue weighted by atomic mass is 10.0. The number of aldehydes is 1. The lowest BCUT2D eigenvalue weighted by molar-refractivity contribution is 0.111. The molecule has 2 aromatic carbocycles. The third-order valence-electron chi connectivity index (χ3n) is 5.09. The van der Waals surface area contributed by atoms with Gasteiger partial charge in [0.15, 0.2) is 11.2 Å². The van der Waals surface area contributed by atoms with Gasteiger partial charge in [-0.1, -0.05) is 24.3 Å². The molecule has 2 aromatic heterocycles. The van der Waals surface area contributed by atoms with Gasteiger partial charge in [0.25, 0.3) is 0 Å². The van der Waals surface area contributed by atoms with Gasteiger partial charge in [-0.15, -0.1) is 11.3 Å². The molecule has 0 saturated carbocycles. The van der Waals surface area contributed by atoms with Crippen LogP contribution >= 0.6 is 11.3 Å². The second-order valence-corrected chi connectivity index (χ2v) is 7.64. The van der Waals surface area contributed by atoms with Gasteiger partial charge in [0, 0.05) is 10.9 Å². The van der Waals surface area contributed by atoms with E-state index >= 15 is 0 Å². The second kappa shape index (κ2) is 6.22. The van der Waals surface area contributed by atoms with Crippen LogP contribution in [0.15, 0.2) is 41.8 Å². The Kier molecular flexibility index (Phi) is 4.00. The third-order valence-corrected chi connectivity index (χ3v) is 5.92. The van der Waals surface area contributed by atoms with Gasteiger partial charge in [-0.05, 0) is 67.6 Å². The molecular weight excluding hydrogens is 340 g/mol. The lowest BCUT2D eigenvalue weighted by Gasteiger charge is -2.06. The van der Waals surface area contributed by atoms with Crippen LogP contribution in [0.4, 0.5) is 0 Å². The van der Waals surface area contributed by atoms with Gasteiger partial charge in [-0.2, -0.15) is 0 Å². The summed E-state index contributed by atoms with van der Waals surface area (Å²) >= 11 is 1.56. The molecule has 0 amide bonds. The van der Waals surface area contributed by atoms with E-state index in [-0.39, 0.29) is 0 Å². The van der Waals surface area contributed by atoms with Crippen molar-refractivity contribution in [3.05, 3.63) is 69.7 Å². The largest absolute Gasteiger partial charge is 0.296 e. The van der Waals surface area contributed by atoms with Gasteiger partial charge in [0.05, 0.1) is 5.69 Å². The summed E-state index contributed by atoms with van der Waals surface area (Å²) in [5.74, 6) is 0. The molecule has 0 spiro atoms. The summed E-state index contributed by atoms with van der Waals surface area (Å²) in [5.41, 5.74) is 9.39. The van der Waals surface area contributed by atoms with Crippen LogP contribution in [0.2, 0.25) is 0 Å². The highest BCUT2D eigenvalue weighted by Gasteiger charge is 2.19. The van der Waals surface area contributed by atoms with E-state index in [9.17, 15) is 4.79 Å². The van der Waals surface area contributed by atoms with Crippen LogP contribution in [-0.2, 0) is 0 Å². The van der Waals surface area contributed by atoms with Gasteiger partial charge in [0.2, 0.25) is 0 Å². The number of aryl methyl sites for hydroxylation is 4. The van der Waals surface area contributed by atoms with Crippen molar-refractivity contribution in [3.8, 4) is 22.5 Å². The number of fused-ring (bicyclic) bond motifs is 1. The molecule has 0 saturated heterocycles. The number of hydrogen-bond acceptors (Lipinski definition) is 3. The van der Waals surface area contributed by atoms with E-state index in [2.05, 4.69) is 63.4 Å². The summed E-state index contributed by atoms with van der Waals surface area (Å²) in [6, 6.07) is 12.6. The van der Waals surface area contributed by atoms with E-state index in [1.807, 2.05) is 10.5 Å². The number of nitrogens with zero attached hydrogens (tertiary/aromatic N) is 2. The van der Waals surface area contributed by atoms with Crippen molar-refractivity contribution in [3.63, 3.8) is 0 Å². The second-order valence-electron chi connectivity index (χ2n) is 6.80. The van der Waals surface area contributed by atoms with E-state index in [1.54, 1.807) is 11.3 Å². The Morgan fingerprint density at radius 3 is 2.12 bits per heavy atom. The summed E-state index contributed by atoms with van der Waals surface area (Å²) < 4.78 is 1.98. The van der Waals surface area contributed by atoms with E-state index in [0.717, 1.165) is 33.8 Å². The van der Waals surface area contributed by atoms with Gasteiger partial charge >= 0.3 is 0 Å². The maximum atomic E-state index is 12.0. The minimum atomic E-state index is 0.609. The van der Waals surface area contributed by atoms with Crippen molar-refractivity contribution in [1.82, 2.24) is 9.38 Å². The monoisotopic (exact) mass is 360 g/mol. The van der Waals surface area contributed by atoms with Crippen molar-refractivity contribution in [1.29, 1.82) is 0 Å². The molecule has 130 valence electrons. The fraction of sp³-hybridized carbons (Fsp3) is 0.182. The number of rotatable bonds is 3. The molecule has 0 bridgehead atoms. The number of benzene rings is 2. The number of imidazole rings is 1. The van der Waals surface area contributed by atoms with Crippen LogP contribution in [0, 0.1) is 27.7 Å². The molecule has 0 radical (unpaired) electrons. The smallest absolute Gasteiger partial charge is 0.195 e. The molecule has 4 heteroatoms. The van der Waals surface area contributed by atoms with Gasteiger partial charge in [-0.3, -0.25) is 9.20 Å². The van der Waals surface area contributed by atoms with Crippen molar-refractivity contribution >= 4 is 22.6 Å². The topological polar surface area (TPSA) is 34.4 Å². The van der Waals surface area contributed by atoms with E-state index in [0.29, 0.717) is 5.69 Å². The SMILES string of the molecule is Cc1ccc(-c2nc3scc(-c4ccc(C)c(C)c4)n3c2C=O)cc1C. The Bertz CT molecular complexity index is 1150. The summed E-state index contributed by atoms with van der Waals surface area (Å²) in [6.45, 7) is 8.38. The summed E-state index contributed by atoms with van der Waals surface area (Å²) in [7, 11) is 0. The molecule has 4 aromatic rings. The molecule has 2 heterocycles. The molecule has 0 unspecified atom stereocenters. The van der Waals surface area contributed by atoms with Crippen LogP contribution in [0.25, 0.3) is 27.5 Å². The zero-order chi connectivity index (χ0) is 18.4. The Morgan fingerprint density at radius 1 is 0.885 bits per heavy atom. The lowest BCUT2D eigenvalue weighted by Crippen LogP contribution is -1.95. The summed E-state index contributed by atoms with van der Waals surface area (Å²) in [6.07, 6.45) is 0.918. The van der Waals surface area contributed by atoms with Crippen LogP contribution in [0.3, 0.4) is 0 Å². The zero-order valence-corrected chi connectivity index (χ0v) is 16.1. The van der Waals surface area contributed by atoms with Crippen LogP contribution < -0.4 is 0 Å². The van der Waals surface area contributed by atoms with Gasteiger partial charge in [0.1, 0.15) is 11.4 Å². The van der Waals surface area contributed by atoms with E-state index in [1.165, 1.54) is 22.3 Å². The predicted molar refractivity (Wildman–Crippen MR) is 108 cm³/mol. The number of carbonyl (C=O) groups excluding carboxylic acids is 1. The van der Waals surface area contributed by atoms with Gasteiger partial charge < -0.3 is 0 Å². The highest BCUT2D eigenvalue weighted by molar-refractivity contribution is 7.15. The molecule has 0 N–H and O–H groups in total. The summed E-state index contributed by atoms with van der Waals surface area (Å²) in [4.78, 5) is 17.6. The molecule has 3 nitrogen and oxygen atoms in total. The molecule has 0 aliphatic heterocycles. The summed E-state index contributed by atoms with van der Waals surface area (Å²) in [5, 5.41) is 2.07.